The van der Waals surface area contributed by atoms with E-state index in [0.29, 0.717) is 24.4 Å². The minimum Gasteiger partial charge on any atom is -0.466 e. The average molecular weight is 423 g/mol. The summed E-state index contributed by atoms with van der Waals surface area (Å²) < 4.78 is 7.99. The van der Waals surface area contributed by atoms with Crippen molar-refractivity contribution in [3.05, 3.63) is 65.4 Å². The molecule has 1 atom stereocenters. The molecule has 1 N–H and O–H groups in total. The van der Waals surface area contributed by atoms with E-state index in [9.17, 15) is 4.79 Å². The van der Waals surface area contributed by atoms with Crippen LogP contribution in [0.3, 0.4) is 0 Å². The third-order valence-electron chi connectivity index (χ3n) is 5.88. The van der Waals surface area contributed by atoms with E-state index in [2.05, 4.69) is 43.0 Å². The highest BCUT2D eigenvalue weighted by Crippen LogP contribution is 2.22. The third-order valence-corrected chi connectivity index (χ3v) is 5.88. The molecule has 0 fully saturated rings. The number of aromatic nitrogens is 4. The first-order valence-electron chi connectivity index (χ1n) is 11.0. The lowest BCUT2D eigenvalue weighted by atomic mass is 10.0. The van der Waals surface area contributed by atoms with Gasteiger partial charge < -0.3 is 19.2 Å². The molecular weight excluding hydrogens is 392 g/mol. The zero-order chi connectivity index (χ0) is 21.6. The number of fused-ring (bicyclic) bond motifs is 1. The highest BCUT2D eigenvalue weighted by Gasteiger charge is 2.20. The predicted octanol–water partition coefficient (Wildman–Crippen LogP) is 2.60. The molecule has 0 saturated heterocycles. The first-order chi connectivity index (χ1) is 15.1. The SMILES string of the molecule is Cc1ccc(C(C)CCN2CCc3nnc(CCNC(=O)c4cccnc4)n3CC2)o1. The largest absolute Gasteiger partial charge is 0.466 e. The molecule has 1 amide bonds. The van der Waals surface area contributed by atoms with E-state index < -0.39 is 0 Å². The Hall–Kier alpha value is -3.00. The van der Waals surface area contributed by atoms with Crippen LogP contribution in [0, 0.1) is 6.92 Å². The maximum absolute atomic E-state index is 12.2. The van der Waals surface area contributed by atoms with Crippen LogP contribution < -0.4 is 5.32 Å². The minimum absolute atomic E-state index is 0.115. The molecule has 164 valence electrons. The Bertz CT molecular complexity index is 997. The maximum atomic E-state index is 12.2. The van der Waals surface area contributed by atoms with Crippen molar-refractivity contribution in [3.63, 3.8) is 0 Å². The molecule has 3 aromatic rings. The topological polar surface area (TPSA) is 89.1 Å². The van der Waals surface area contributed by atoms with Crippen molar-refractivity contribution in [2.75, 3.05) is 26.2 Å². The van der Waals surface area contributed by atoms with Crippen LogP contribution in [0.15, 0.2) is 41.1 Å². The van der Waals surface area contributed by atoms with Gasteiger partial charge in [0.15, 0.2) is 0 Å². The van der Waals surface area contributed by atoms with E-state index in [4.69, 9.17) is 4.42 Å². The fraction of sp³-hybridized carbons (Fsp3) is 0.478. The fourth-order valence-electron chi connectivity index (χ4n) is 3.96. The van der Waals surface area contributed by atoms with Gasteiger partial charge in [-0.1, -0.05) is 6.92 Å². The van der Waals surface area contributed by atoms with Gasteiger partial charge in [-0.25, -0.2) is 0 Å². The Kier molecular flexibility index (Phi) is 6.76. The molecule has 0 bridgehead atoms. The van der Waals surface area contributed by atoms with E-state index in [1.54, 1.807) is 24.5 Å². The lowest BCUT2D eigenvalue weighted by Crippen LogP contribution is -2.29. The highest BCUT2D eigenvalue weighted by molar-refractivity contribution is 5.93. The van der Waals surface area contributed by atoms with Crippen molar-refractivity contribution in [1.82, 2.24) is 30.0 Å². The Balaban J connectivity index is 1.26. The molecule has 0 radical (unpaired) electrons. The van der Waals surface area contributed by atoms with E-state index in [-0.39, 0.29) is 5.91 Å². The molecule has 4 rings (SSSR count). The lowest BCUT2D eigenvalue weighted by molar-refractivity contribution is 0.0953. The van der Waals surface area contributed by atoms with Crippen LogP contribution in [-0.2, 0) is 19.4 Å². The molecule has 0 aromatic carbocycles. The number of hydrogen-bond acceptors (Lipinski definition) is 6. The second-order valence-electron chi connectivity index (χ2n) is 8.16. The van der Waals surface area contributed by atoms with Crippen LogP contribution in [0.25, 0.3) is 0 Å². The Morgan fingerprint density at radius 1 is 1.23 bits per heavy atom. The number of pyridine rings is 1. The number of amides is 1. The van der Waals surface area contributed by atoms with Crippen LogP contribution in [-0.4, -0.2) is 56.7 Å². The normalized spacial score (nSPS) is 15.3. The monoisotopic (exact) mass is 422 g/mol. The number of aryl methyl sites for hydroxylation is 1. The summed E-state index contributed by atoms with van der Waals surface area (Å²) in [4.78, 5) is 18.7. The van der Waals surface area contributed by atoms with Gasteiger partial charge in [-0.3, -0.25) is 9.78 Å². The summed E-state index contributed by atoms with van der Waals surface area (Å²) in [7, 11) is 0. The summed E-state index contributed by atoms with van der Waals surface area (Å²) in [5.74, 6) is 4.30. The molecule has 0 spiro atoms. The molecule has 31 heavy (non-hydrogen) atoms. The van der Waals surface area contributed by atoms with Crippen LogP contribution in [0.1, 0.15) is 52.8 Å². The van der Waals surface area contributed by atoms with Crippen molar-refractivity contribution in [2.45, 2.75) is 45.6 Å². The summed E-state index contributed by atoms with van der Waals surface area (Å²) in [6, 6.07) is 7.64. The number of nitrogens with one attached hydrogen (secondary N) is 1. The molecule has 0 aliphatic carbocycles. The number of carbonyl (C=O) groups excluding carboxylic acids is 1. The van der Waals surface area contributed by atoms with Gasteiger partial charge in [0.2, 0.25) is 0 Å². The second-order valence-corrected chi connectivity index (χ2v) is 8.16. The van der Waals surface area contributed by atoms with E-state index in [1.807, 2.05) is 13.0 Å². The summed E-state index contributed by atoms with van der Waals surface area (Å²) in [5, 5.41) is 11.7. The molecule has 0 saturated carbocycles. The average Bonchev–Trinajstić information content (AvgIpc) is 3.33. The summed E-state index contributed by atoms with van der Waals surface area (Å²) in [6.07, 6.45) is 5.85. The number of rotatable bonds is 8. The van der Waals surface area contributed by atoms with Crippen LogP contribution >= 0.6 is 0 Å². The second kappa shape index (κ2) is 9.87. The van der Waals surface area contributed by atoms with E-state index in [0.717, 1.165) is 62.2 Å². The first kappa shape index (κ1) is 21.2. The standard InChI is InChI=1S/C23H30N6O2/c1-17(20-6-5-18(2)31-20)8-12-28-13-9-22-27-26-21(29(22)15-14-28)7-11-25-23(30)19-4-3-10-24-16-19/h3-6,10,16-17H,7-9,11-15H2,1-2H3,(H,25,30). The molecule has 3 aromatic heterocycles. The van der Waals surface area contributed by atoms with Crippen molar-refractivity contribution < 1.29 is 9.21 Å². The molecule has 8 nitrogen and oxygen atoms in total. The van der Waals surface area contributed by atoms with E-state index in [1.165, 1.54) is 0 Å². The van der Waals surface area contributed by atoms with Crippen LogP contribution in [0.2, 0.25) is 0 Å². The van der Waals surface area contributed by atoms with Gasteiger partial charge in [0, 0.05) is 57.3 Å². The van der Waals surface area contributed by atoms with Crippen LogP contribution in [0.5, 0.6) is 0 Å². The zero-order valence-electron chi connectivity index (χ0n) is 18.3. The van der Waals surface area contributed by atoms with E-state index >= 15 is 0 Å². The first-order valence-corrected chi connectivity index (χ1v) is 11.0. The lowest BCUT2D eigenvalue weighted by Gasteiger charge is -2.21. The smallest absolute Gasteiger partial charge is 0.252 e. The van der Waals surface area contributed by atoms with Crippen molar-refractivity contribution in [2.24, 2.45) is 0 Å². The quantitative estimate of drug-likeness (QED) is 0.600. The summed E-state index contributed by atoms with van der Waals surface area (Å²) in [6.45, 7) is 8.61. The zero-order valence-corrected chi connectivity index (χ0v) is 18.3. The Morgan fingerprint density at radius 3 is 2.90 bits per heavy atom. The molecule has 1 aliphatic rings. The number of hydrogen-bond donors (Lipinski definition) is 1. The van der Waals surface area contributed by atoms with Gasteiger partial charge in [0.05, 0.1) is 5.56 Å². The van der Waals surface area contributed by atoms with Gasteiger partial charge in [-0.15, -0.1) is 10.2 Å². The third kappa shape index (κ3) is 5.38. The van der Waals surface area contributed by atoms with Gasteiger partial charge >= 0.3 is 0 Å². The summed E-state index contributed by atoms with van der Waals surface area (Å²) in [5.41, 5.74) is 0.567. The Morgan fingerprint density at radius 2 is 2.13 bits per heavy atom. The van der Waals surface area contributed by atoms with Crippen molar-refractivity contribution in [1.29, 1.82) is 0 Å². The van der Waals surface area contributed by atoms with Gasteiger partial charge in [-0.2, -0.15) is 0 Å². The number of carbonyl (C=O) groups is 1. The molecular formula is C23H30N6O2. The van der Waals surface area contributed by atoms with Gasteiger partial charge in [0.25, 0.3) is 5.91 Å². The Labute approximate surface area is 182 Å². The fourth-order valence-corrected chi connectivity index (χ4v) is 3.96. The van der Waals surface area contributed by atoms with Gasteiger partial charge in [0.1, 0.15) is 23.2 Å². The minimum atomic E-state index is -0.115. The predicted molar refractivity (Wildman–Crippen MR) is 117 cm³/mol. The van der Waals surface area contributed by atoms with Gasteiger partial charge in [-0.05, 0) is 44.2 Å². The van der Waals surface area contributed by atoms with Crippen molar-refractivity contribution in [3.8, 4) is 0 Å². The molecule has 1 aliphatic heterocycles. The number of nitrogens with zero attached hydrogens (tertiary/aromatic N) is 5. The summed E-state index contributed by atoms with van der Waals surface area (Å²) >= 11 is 0. The molecule has 8 heteroatoms. The van der Waals surface area contributed by atoms with Crippen molar-refractivity contribution >= 4 is 5.91 Å². The highest BCUT2D eigenvalue weighted by atomic mass is 16.3. The molecule has 1 unspecified atom stereocenters. The number of furan rings is 1. The maximum Gasteiger partial charge on any atom is 0.252 e. The molecule has 4 heterocycles. The van der Waals surface area contributed by atoms with Crippen LogP contribution in [0.4, 0.5) is 0 Å².